The fourth-order valence-electron chi connectivity index (χ4n) is 5.58. The van der Waals surface area contributed by atoms with E-state index in [0.29, 0.717) is 45.5 Å². The maximum Gasteiger partial charge on any atom is 0.159 e. The van der Waals surface area contributed by atoms with Crippen LogP contribution in [0, 0.1) is 17.5 Å². The summed E-state index contributed by atoms with van der Waals surface area (Å²) < 4.78 is 61.7. The van der Waals surface area contributed by atoms with Gasteiger partial charge in [0.05, 0.1) is 17.1 Å². The van der Waals surface area contributed by atoms with Gasteiger partial charge in [-0.25, -0.2) is 27.8 Å². The van der Waals surface area contributed by atoms with Gasteiger partial charge in [-0.2, -0.15) is 5.10 Å². The molecule has 1 unspecified atom stereocenters. The molecular weight excluding hydrogens is 486 g/mol. The maximum atomic E-state index is 15.3. The van der Waals surface area contributed by atoms with Gasteiger partial charge in [-0.05, 0) is 31.5 Å². The molecule has 10 heteroatoms. The van der Waals surface area contributed by atoms with Crippen molar-refractivity contribution in [1.82, 2.24) is 24.3 Å². The van der Waals surface area contributed by atoms with Crippen molar-refractivity contribution in [2.45, 2.75) is 18.5 Å². The predicted molar refractivity (Wildman–Crippen MR) is 130 cm³/mol. The number of hydrogen-bond donors (Lipinski definition) is 0. The third kappa shape index (κ3) is 2.86. The summed E-state index contributed by atoms with van der Waals surface area (Å²) in [4.78, 5) is 9.08. The van der Waals surface area contributed by atoms with Crippen LogP contribution in [-0.4, -0.2) is 37.6 Å². The summed E-state index contributed by atoms with van der Waals surface area (Å²) in [6, 6.07) is 11.2. The lowest BCUT2D eigenvalue weighted by Crippen LogP contribution is -2.13. The molecule has 7 rings (SSSR count). The first-order chi connectivity index (χ1) is 17.2. The van der Waals surface area contributed by atoms with E-state index in [1.165, 1.54) is 30.6 Å². The number of fused-ring (bicyclic) bond motifs is 6. The molecule has 2 atom stereocenters. The van der Waals surface area contributed by atoms with Crippen molar-refractivity contribution in [3.05, 3.63) is 83.7 Å². The van der Waals surface area contributed by atoms with Crippen LogP contribution in [-0.2, 0) is 4.57 Å². The average molecular weight is 505 g/mol. The van der Waals surface area contributed by atoms with Gasteiger partial charge in [-0.3, -0.25) is 0 Å². The van der Waals surface area contributed by atoms with Crippen LogP contribution in [0.5, 0.6) is 0 Å². The zero-order chi connectivity index (χ0) is 24.9. The molecule has 6 nitrogen and oxygen atoms in total. The van der Waals surface area contributed by atoms with Gasteiger partial charge in [0.15, 0.2) is 5.82 Å². The summed E-state index contributed by atoms with van der Waals surface area (Å²) in [6.45, 7) is 3.11. The van der Waals surface area contributed by atoms with Crippen molar-refractivity contribution in [2.24, 2.45) is 0 Å². The summed E-state index contributed by atoms with van der Waals surface area (Å²) in [5.41, 5.74) is 2.23. The standard InChI is InChI=1S/C26H19F3N5OP/c1-36(2,35)13-6-7-14(18(28)8-13)16-9-21-20(10-19(16)29)32-26-23-11-22(33(21)26)24-15(4-3-5-17(24)27)25-30-12-31-34(23)25/h3-10,12,22-23H,11H2,1-2H3/t22-,23?/m0/s1. The third-order valence-corrected chi connectivity index (χ3v) is 8.74. The Balaban J connectivity index is 1.48. The minimum absolute atomic E-state index is 0.0606. The number of imidazole rings is 1. The van der Waals surface area contributed by atoms with Crippen LogP contribution in [0.1, 0.15) is 29.9 Å². The molecule has 3 aromatic carbocycles. The summed E-state index contributed by atoms with van der Waals surface area (Å²) >= 11 is 0. The topological polar surface area (TPSA) is 65.6 Å². The highest BCUT2D eigenvalue weighted by molar-refractivity contribution is 7.70. The van der Waals surface area contributed by atoms with Gasteiger partial charge in [0.1, 0.15) is 42.8 Å². The van der Waals surface area contributed by atoms with E-state index in [0.717, 1.165) is 0 Å². The Morgan fingerprint density at radius 2 is 1.72 bits per heavy atom. The summed E-state index contributed by atoms with van der Waals surface area (Å²) in [5.74, 6) is -0.461. The number of nitrogens with zero attached hydrogens (tertiary/aromatic N) is 5. The first-order valence-electron chi connectivity index (χ1n) is 11.5. The molecule has 2 bridgehead atoms. The lowest BCUT2D eigenvalue weighted by molar-refractivity contribution is 0.495. The molecule has 5 aromatic rings. The van der Waals surface area contributed by atoms with E-state index in [1.807, 2.05) is 10.6 Å². The highest BCUT2D eigenvalue weighted by Gasteiger charge is 2.43. The summed E-state index contributed by atoms with van der Waals surface area (Å²) in [5, 5.41) is 4.78. The van der Waals surface area contributed by atoms with Gasteiger partial charge in [-0.1, -0.05) is 24.3 Å². The van der Waals surface area contributed by atoms with E-state index in [9.17, 15) is 4.57 Å². The molecule has 180 valence electrons. The molecule has 0 aliphatic carbocycles. The molecule has 2 aliphatic heterocycles. The fourth-order valence-corrected chi connectivity index (χ4v) is 6.44. The number of aromatic nitrogens is 5. The Hall–Kier alpha value is -3.71. The Morgan fingerprint density at radius 3 is 2.50 bits per heavy atom. The number of rotatable bonds is 2. The lowest BCUT2D eigenvalue weighted by Gasteiger charge is -2.19. The van der Waals surface area contributed by atoms with Gasteiger partial charge >= 0.3 is 0 Å². The quantitative estimate of drug-likeness (QED) is 0.296. The van der Waals surface area contributed by atoms with Crippen LogP contribution in [0.2, 0.25) is 0 Å². The first-order valence-corrected chi connectivity index (χ1v) is 14.1. The molecule has 0 spiro atoms. The lowest BCUT2D eigenvalue weighted by atomic mass is 9.97. The SMILES string of the molecule is CP(C)(=O)c1ccc(-c2cc3c(cc2F)nc2n3[C@H]3CC2n2ncnc2-c2cccc(F)c23)c(F)c1. The van der Waals surface area contributed by atoms with E-state index in [2.05, 4.69) is 10.1 Å². The van der Waals surface area contributed by atoms with Gasteiger partial charge in [0, 0.05) is 40.0 Å². The number of benzene rings is 3. The highest BCUT2D eigenvalue weighted by Crippen LogP contribution is 2.50. The predicted octanol–water partition coefficient (Wildman–Crippen LogP) is 5.52. The van der Waals surface area contributed by atoms with Gasteiger partial charge < -0.3 is 9.13 Å². The van der Waals surface area contributed by atoms with Gasteiger partial charge in [-0.15, -0.1) is 0 Å². The second-order valence-electron chi connectivity index (χ2n) is 9.67. The second-order valence-corrected chi connectivity index (χ2v) is 12.9. The molecule has 0 saturated heterocycles. The zero-order valence-corrected chi connectivity index (χ0v) is 20.2. The van der Waals surface area contributed by atoms with E-state index < -0.39 is 24.8 Å². The Kier molecular flexibility index (Phi) is 4.29. The van der Waals surface area contributed by atoms with Crippen LogP contribution in [0.15, 0.2) is 54.9 Å². The Morgan fingerprint density at radius 1 is 0.917 bits per heavy atom. The summed E-state index contributed by atoms with van der Waals surface area (Å²) in [7, 11) is -2.68. The molecule has 0 radical (unpaired) electrons. The van der Waals surface area contributed by atoms with E-state index >= 15 is 13.2 Å². The van der Waals surface area contributed by atoms with Crippen LogP contribution in [0.25, 0.3) is 33.5 Å². The Bertz CT molecular complexity index is 1790. The molecule has 2 aliphatic rings. The van der Waals surface area contributed by atoms with Crippen molar-refractivity contribution in [2.75, 3.05) is 13.3 Å². The molecule has 36 heavy (non-hydrogen) atoms. The highest BCUT2D eigenvalue weighted by atomic mass is 31.2. The van der Waals surface area contributed by atoms with Gasteiger partial charge in [0.25, 0.3) is 0 Å². The van der Waals surface area contributed by atoms with Crippen LogP contribution in [0.4, 0.5) is 13.2 Å². The molecule has 0 saturated carbocycles. The van der Waals surface area contributed by atoms with E-state index in [1.54, 1.807) is 36.2 Å². The van der Waals surface area contributed by atoms with Gasteiger partial charge in [0.2, 0.25) is 0 Å². The molecule has 0 N–H and O–H groups in total. The molecule has 0 amide bonds. The molecule has 0 fully saturated rings. The maximum absolute atomic E-state index is 15.3. The largest absolute Gasteiger partial charge is 0.319 e. The zero-order valence-electron chi connectivity index (χ0n) is 19.3. The molecule has 2 aromatic heterocycles. The average Bonchev–Trinajstić information content (AvgIpc) is 3.50. The van der Waals surface area contributed by atoms with Crippen molar-refractivity contribution in [1.29, 1.82) is 0 Å². The fraction of sp³-hybridized carbons (Fsp3) is 0.192. The number of hydrogen-bond acceptors (Lipinski definition) is 4. The minimum Gasteiger partial charge on any atom is -0.319 e. The van der Waals surface area contributed by atoms with Crippen molar-refractivity contribution in [3.8, 4) is 22.5 Å². The monoisotopic (exact) mass is 505 g/mol. The van der Waals surface area contributed by atoms with Crippen molar-refractivity contribution >= 4 is 23.5 Å². The van der Waals surface area contributed by atoms with Crippen molar-refractivity contribution in [3.63, 3.8) is 0 Å². The Labute approximate surface area is 203 Å². The normalized spacial score (nSPS) is 18.1. The third-order valence-electron chi connectivity index (χ3n) is 7.22. The van der Waals surface area contributed by atoms with Crippen LogP contribution >= 0.6 is 7.14 Å². The van der Waals surface area contributed by atoms with Crippen LogP contribution < -0.4 is 5.30 Å². The van der Waals surface area contributed by atoms with Crippen molar-refractivity contribution < 1.29 is 17.7 Å². The minimum atomic E-state index is -2.68. The summed E-state index contributed by atoms with van der Waals surface area (Å²) in [6.07, 6.45) is 1.95. The smallest absolute Gasteiger partial charge is 0.159 e. The molecule has 4 heterocycles. The number of halogens is 3. The first kappa shape index (κ1) is 21.6. The van der Waals surface area contributed by atoms with E-state index in [4.69, 9.17) is 4.98 Å². The van der Waals surface area contributed by atoms with E-state index in [-0.39, 0.29) is 23.0 Å². The molecular formula is C26H19F3N5OP. The van der Waals surface area contributed by atoms with Crippen LogP contribution in [0.3, 0.4) is 0 Å². The second kappa shape index (κ2) is 7.17.